The van der Waals surface area contributed by atoms with E-state index < -0.39 is 0 Å². The molecule has 118 valence electrons. The van der Waals surface area contributed by atoms with Crippen molar-refractivity contribution >= 4 is 5.97 Å². The van der Waals surface area contributed by atoms with E-state index >= 15 is 0 Å². The maximum Gasteiger partial charge on any atom is 0.307 e. The van der Waals surface area contributed by atoms with Gasteiger partial charge in [0.25, 0.3) is 0 Å². The number of hydrogen-bond acceptors (Lipinski definition) is 5. The molecule has 0 bridgehead atoms. The van der Waals surface area contributed by atoms with Gasteiger partial charge in [0.2, 0.25) is 0 Å². The van der Waals surface area contributed by atoms with Gasteiger partial charge >= 0.3 is 5.97 Å². The van der Waals surface area contributed by atoms with Crippen molar-refractivity contribution in [2.24, 2.45) is 5.73 Å². The Morgan fingerprint density at radius 1 is 1.38 bits per heavy atom. The molecule has 0 radical (unpaired) electrons. The largest absolute Gasteiger partial charge is 0.497 e. The fraction of sp³-hybridized carbons (Fsp3) is 0.438. The predicted octanol–water partition coefficient (Wildman–Crippen LogP) is 1.87. The molecule has 0 aromatic heterocycles. The number of methoxy groups -OCH3 is 1. The molecule has 1 aromatic rings. The zero-order valence-electron chi connectivity index (χ0n) is 12.9. The summed E-state index contributed by atoms with van der Waals surface area (Å²) in [6, 6.07) is 7.72. The highest BCUT2D eigenvalue weighted by Crippen LogP contribution is 2.10. The van der Waals surface area contributed by atoms with Crippen molar-refractivity contribution < 1.29 is 14.3 Å². The van der Waals surface area contributed by atoms with Crippen LogP contribution >= 0.6 is 0 Å². The van der Waals surface area contributed by atoms with E-state index in [9.17, 15) is 4.79 Å². The first-order valence-electron chi connectivity index (χ1n) is 6.98. The molecule has 0 aliphatic rings. The maximum atomic E-state index is 10.7. The summed E-state index contributed by atoms with van der Waals surface area (Å²) in [5, 5.41) is 3.01. The molecule has 3 N–H and O–H groups in total. The number of nitrogens with two attached hydrogens (primary N) is 1. The zero-order valence-corrected chi connectivity index (χ0v) is 12.9. The first-order valence-corrected chi connectivity index (χ1v) is 6.98. The second-order valence-electron chi connectivity index (χ2n) is 4.10. The van der Waals surface area contributed by atoms with Crippen LogP contribution in [0.25, 0.3) is 0 Å². The van der Waals surface area contributed by atoms with Crippen molar-refractivity contribution in [1.82, 2.24) is 5.32 Å². The number of carbonyl (C=O) groups is 1. The normalized spacial score (nSPS) is 9.29. The minimum atomic E-state index is -0.149. The standard InChI is InChI=1S/C8H15NO2.C8H11NO/c1-3-6-9-7-5-8(10)11-4-2;1-10-8-4-2-7(6-9)3-5-8/h3,9H,1,4-7H2,2H3;2-5H,6,9H2,1H3. The van der Waals surface area contributed by atoms with Crippen LogP contribution in [0.15, 0.2) is 36.9 Å². The van der Waals surface area contributed by atoms with E-state index in [4.69, 9.17) is 15.2 Å². The van der Waals surface area contributed by atoms with E-state index in [2.05, 4.69) is 11.9 Å². The summed E-state index contributed by atoms with van der Waals surface area (Å²) in [6.45, 7) is 7.77. The van der Waals surface area contributed by atoms with Gasteiger partial charge in [-0.3, -0.25) is 4.79 Å². The average Bonchev–Trinajstić information content (AvgIpc) is 2.52. The van der Waals surface area contributed by atoms with Crippen LogP contribution in [0.3, 0.4) is 0 Å². The van der Waals surface area contributed by atoms with Gasteiger partial charge in [-0.25, -0.2) is 0 Å². The Labute approximate surface area is 127 Å². The molecule has 0 aliphatic heterocycles. The highest BCUT2D eigenvalue weighted by Gasteiger charge is 1.98. The molecule has 0 spiro atoms. The van der Waals surface area contributed by atoms with E-state index in [0.717, 1.165) is 17.9 Å². The highest BCUT2D eigenvalue weighted by molar-refractivity contribution is 5.69. The van der Waals surface area contributed by atoms with Crippen molar-refractivity contribution in [3.63, 3.8) is 0 Å². The van der Waals surface area contributed by atoms with Crippen LogP contribution in [-0.4, -0.2) is 32.8 Å². The van der Waals surface area contributed by atoms with Crippen molar-refractivity contribution in [3.8, 4) is 5.75 Å². The summed E-state index contributed by atoms with van der Waals surface area (Å²) < 4.78 is 9.69. The summed E-state index contributed by atoms with van der Waals surface area (Å²) in [5.41, 5.74) is 6.53. The highest BCUT2D eigenvalue weighted by atomic mass is 16.5. The average molecular weight is 294 g/mol. The lowest BCUT2D eigenvalue weighted by Crippen LogP contribution is -2.19. The minimum Gasteiger partial charge on any atom is -0.497 e. The minimum absolute atomic E-state index is 0.149. The number of rotatable bonds is 8. The van der Waals surface area contributed by atoms with Gasteiger partial charge in [-0.2, -0.15) is 0 Å². The Hall–Kier alpha value is -1.85. The quantitative estimate of drug-likeness (QED) is 0.435. The molecule has 0 atom stereocenters. The fourth-order valence-electron chi connectivity index (χ4n) is 1.39. The van der Waals surface area contributed by atoms with Crippen molar-refractivity contribution in [3.05, 3.63) is 42.5 Å². The van der Waals surface area contributed by atoms with Crippen LogP contribution in [-0.2, 0) is 16.1 Å². The van der Waals surface area contributed by atoms with Gasteiger partial charge < -0.3 is 20.5 Å². The molecule has 1 aromatic carbocycles. The Balaban J connectivity index is 0.000000382. The van der Waals surface area contributed by atoms with Crippen molar-refractivity contribution in [1.29, 1.82) is 0 Å². The molecular weight excluding hydrogens is 268 g/mol. The van der Waals surface area contributed by atoms with Crippen LogP contribution in [0, 0.1) is 0 Å². The van der Waals surface area contributed by atoms with E-state index in [0.29, 0.717) is 26.1 Å². The molecule has 0 saturated heterocycles. The summed E-state index contributed by atoms with van der Waals surface area (Å²) >= 11 is 0. The lowest BCUT2D eigenvalue weighted by Gasteiger charge is -2.01. The second-order valence-corrected chi connectivity index (χ2v) is 4.10. The number of hydrogen-bond donors (Lipinski definition) is 2. The van der Waals surface area contributed by atoms with E-state index in [1.807, 2.05) is 24.3 Å². The van der Waals surface area contributed by atoms with E-state index in [-0.39, 0.29) is 5.97 Å². The molecule has 0 saturated carbocycles. The van der Waals surface area contributed by atoms with Gasteiger partial charge in [0, 0.05) is 19.6 Å². The molecule has 5 heteroatoms. The lowest BCUT2D eigenvalue weighted by atomic mass is 10.2. The van der Waals surface area contributed by atoms with Crippen LogP contribution in [0.5, 0.6) is 5.75 Å². The molecular formula is C16H26N2O3. The zero-order chi connectivity index (χ0) is 15.9. The molecule has 1 rings (SSSR count). The summed E-state index contributed by atoms with van der Waals surface area (Å²) in [7, 11) is 1.65. The number of ether oxygens (including phenoxy) is 2. The van der Waals surface area contributed by atoms with Crippen molar-refractivity contribution in [2.45, 2.75) is 19.9 Å². The smallest absolute Gasteiger partial charge is 0.307 e. The Morgan fingerprint density at radius 2 is 2.05 bits per heavy atom. The number of carbonyl (C=O) groups excluding carboxylic acids is 1. The van der Waals surface area contributed by atoms with Gasteiger partial charge in [-0.15, -0.1) is 6.58 Å². The second kappa shape index (κ2) is 13.1. The Bertz CT molecular complexity index is 368. The molecule has 21 heavy (non-hydrogen) atoms. The third-order valence-electron chi connectivity index (χ3n) is 2.49. The first-order chi connectivity index (χ1) is 10.2. The van der Waals surface area contributed by atoms with Crippen LogP contribution in [0.2, 0.25) is 0 Å². The topological polar surface area (TPSA) is 73.6 Å². The molecule has 0 unspecified atom stereocenters. The van der Waals surface area contributed by atoms with Crippen molar-refractivity contribution in [2.75, 3.05) is 26.8 Å². The number of benzene rings is 1. The molecule has 0 amide bonds. The molecule has 0 aliphatic carbocycles. The lowest BCUT2D eigenvalue weighted by molar-refractivity contribution is -0.142. The van der Waals surface area contributed by atoms with Crippen LogP contribution in [0.4, 0.5) is 0 Å². The monoisotopic (exact) mass is 294 g/mol. The Kier molecular flexibility index (Phi) is 12.0. The predicted molar refractivity (Wildman–Crippen MR) is 85.2 cm³/mol. The van der Waals surface area contributed by atoms with E-state index in [1.54, 1.807) is 20.1 Å². The van der Waals surface area contributed by atoms with E-state index in [1.165, 1.54) is 0 Å². The summed E-state index contributed by atoms with van der Waals surface area (Å²) in [5.74, 6) is 0.723. The molecule has 0 fully saturated rings. The van der Waals surface area contributed by atoms with Gasteiger partial charge in [-0.05, 0) is 24.6 Å². The maximum absolute atomic E-state index is 10.7. The van der Waals surface area contributed by atoms with Gasteiger partial charge in [0.1, 0.15) is 5.75 Å². The number of nitrogens with one attached hydrogen (secondary N) is 1. The van der Waals surface area contributed by atoms with Crippen LogP contribution < -0.4 is 15.8 Å². The van der Waals surface area contributed by atoms with Crippen LogP contribution in [0.1, 0.15) is 18.9 Å². The Morgan fingerprint density at radius 3 is 2.52 bits per heavy atom. The fourth-order valence-corrected chi connectivity index (χ4v) is 1.39. The number of esters is 1. The SMILES string of the molecule is C=CCNCCC(=O)OCC.COc1ccc(CN)cc1. The summed E-state index contributed by atoms with van der Waals surface area (Å²) in [4.78, 5) is 10.7. The van der Waals surface area contributed by atoms with Gasteiger partial charge in [-0.1, -0.05) is 18.2 Å². The molecule has 5 nitrogen and oxygen atoms in total. The van der Waals surface area contributed by atoms with Gasteiger partial charge in [0.15, 0.2) is 0 Å². The summed E-state index contributed by atoms with van der Waals surface area (Å²) in [6.07, 6.45) is 2.19. The molecule has 0 heterocycles. The third-order valence-corrected chi connectivity index (χ3v) is 2.49. The van der Waals surface area contributed by atoms with Gasteiger partial charge in [0.05, 0.1) is 20.1 Å². The first kappa shape index (κ1) is 19.1. The third kappa shape index (κ3) is 10.6.